The first-order chi connectivity index (χ1) is 44.7. The van der Waals surface area contributed by atoms with Gasteiger partial charge in [0.15, 0.2) is 31.1 Å². The van der Waals surface area contributed by atoms with Gasteiger partial charge in [0.1, 0.15) is 54.9 Å². The number of benzene rings is 8. The van der Waals surface area contributed by atoms with Crippen LogP contribution in [-0.4, -0.2) is 127 Å². The van der Waals surface area contributed by atoms with E-state index in [1.165, 1.54) is 0 Å². The van der Waals surface area contributed by atoms with Gasteiger partial charge in [-0.05, 0) is 64.6 Å². The fourth-order valence-electron chi connectivity index (χ4n) is 11.2. The van der Waals surface area contributed by atoms with Crippen molar-refractivity contribution < 1.29 is 81.4 Å². The Hall–Kier alpha value is -7.82. The smallest absolute Gasteiger partial charge is 0.338 e. The first-order valence-corrected chi connectivity index (χ1v) is 30.7. The number of ether oxygens (including phenoxy) is 13. The Balaban J connectivity index is 1.02. The summed E-state index contributed by atoms with van der Waals surface area (Å²) in [5.74, 6) is -1.59. The van der Waals surface area contributed by atoms with Gasteiger partial charge in [-0.2, -0.15) is 0 Å². The van der Waals surface area contributed by atoms with Crippen LogP contribution in [0.2, 0.25) is 0 Å². The monoisotopic (exact) mass is 1240 g/mol. The molecule has 0 aliphatic carbocycles. The van der Waals surface area contributed by atoms with Gasteiger partial charge in [0.25, 0.3) is 0 Å². The molecule has 2 N–H and O–H groups in total. The van der Waals surface area contributed by atoms with Crippen LogP contribution in [0, 0.1) is 0 Å². The van der Waals surface area contributed by atoms with Crippen molar-refractivity contribution in [2.75, 3.05) is 13.2 Å². The number of hydrogen-bond donors (Lipinski definition) is 2. The van der Waals surface area contributed by atoms with Gasteiger partial charge in [0, 0.05) is 0 Å². The zero-order valence-corrected chi connectivity index (χ0v) is 50.4. The van der Waals surface area contributed by atoms with Crippen molar-refractivity contribution in [1.82, 2.24) is 0 Å². The highest BCUT2D eigenvalue weighted by molar-refractivity contribution is 5.90. The van der Waals surface area contributed by atoms with Gasteiger partial charge < -0.3 is 71.8 Å². The Morgan fingerprint density at radius 3 is 1.04 bits per heavy atom. The first-order valence-electron chi connectivity index (χ1n) is 30.7. The zero-order valence-electron chi connectivity index (χ0n) is 50.4. The highest BCUT2D eigenvalue weighted by Crippen LogP contribution is 2.39. The minimum absolute atomic E-state index is 0.0121. The Morgan fingerprint density at radius 1 is 0.341 bits per heavy atom. The van der Waals surface area contributed by atoms with E-state index in [-0.39, 0.29) is 64.0 Å². The van der Waals surface area contributed by atoms with Crippen LogP contribution in [0.3, 0.4) is 0 Å². The highest BCUT2D eigenvalue weighted by atomic mass is 16.8. The minimum atomic E-state index is -1.61. The molecule has 17 heteroatoms. The van der Waals surface area contributed by atoms with Crippen LogP contribution in [0.15, 0.2) is 243 Å². The summed E-state index contributed by atoms with van der Waals surface area (Å²) in [6, 6.07) is 74.3. The maximum Gasteiger partial charge on any atom is 0.338 e. The molecule has 91 heavy (non-hydrogen) atoms. The van der Waals surface area contributed by atoms with Gasteiger partial charge in [-0.1, -0.05) is 218 Å². The molecule has 0 unspecified atom stereocenters. The third-order valence-corrected chi connectivity index (χ3v) is 16.0. The van der Waals surface area contributed by atoms with Crippen LogP contribution in [-0.2, 0) is 101 Å². The summed E-state index contributed by atoms with van der Waals surface area (Å²) < 4.78 is 88.9. The molecule has 0 amide bonds. The normalized spacial score (nSPS) is 26.5. The lowest BCUT2D eigenvalue weighted by atomic mass is 9.95. The number of esters is 2. The molecule has 3 heterocycles. The molecule has 0 saturated carbocycles. The second-order valence-electron chi connectivity index (χ2n) is 22.5. The quantitative estimate of drug-likeness (QED) is 0.0439. The fourth-order valence-corrected chi connectivity index (χ4v) is 11.2. The van der Waals surface area contributed by atoms with E-state index < -0.39 is 104 Å². The lowest BCUT2D eigenvalue weighted by molar-refractivity contribution is -0.388. The standard InChI is InChI=1S/C74H76O17/c1-50-61(75)64(88-70(76)57-38-22-8-23-39-57)69(89-71(77)58-40-24-9-25-41-58)74(85-50)91-63-60(49-80-43-52-28-12-3-13-29-52)87-73(68(84-47-56-36-20-7-21-37-56)66(63)82-45-54-32-16-5-17-33-54)90-62-59(48-79-42-51-26-10-2-11-27-51)86-72(78)67(83-46-55-34-18-6-19-35-55)65(62)81-44-53-30-14-4-15-31-53/h2-41,50,59-69,72-75,78H,42-49H2,1H3/t50-,59-,60-,61+,62-,63-,64+,65+,66+,67-,68-,69-,72-,73+,74+/m1/s1. The van der Waals surface area contributed by atoms with Gasteiger partial charge in [0.05, 0.1) is 70.1 Å². The summed E-state index contributed by atoms with van der Waals surface area (Å²) in [5.41, 5.74) is 5.45. The van der Waals surface area contributed by atoms with Crippen molar-refractivity contribution in [2.24, 2.45) is 0 Å². The fraction of sp³-hybridized carbons (Fsp3) is 0.324. The molecule has 3 fully saturated rings. The molecule has 3 saturated heterocycles. The van der Waals surface area contributed by atoms with Crippen LogP contribution in [0.25, 0.3) is 0 Å². The molecule has 0 spiro atoms. The van der Waals surface area contributed by atoms with E-state index in [4.69, 9.17) is 61.6 Å². The van der Waals surface area contributed by atoms with Gasteiger partial charge in [-0.25, -0.2) is 9.59 Å². The van der Waals surface area contributed by atoms with E-state index in [2.05, 4.69) is 0 Å². The summed E-state index contributed by atoms with van der Waals surface area (Å²) in [4.78, 5) is 28.5. The van der Waals surface area contributed by atoms with E-state index in [0.717, 1.165) is 33.4 Å². The van der Waals surface area contributed by atoms with Crippen LogP contribution in [0.5, 0.6) is 0 Å². The van der Waals surface area contributed by atoms with Crippen molar-refractivity contribution in [1.29, 1.82) is 0 Å². The predicted octanol–water partition coefficient (Wildman–Crippen LogP) is 10.5. The largest absolute Gasteiger partial charge is 0.452 e. The highest BCUT2D eigenvalue weighted by Gasteiger charge is 2.57. The number of carbonyl (C=O) groups excluding carboxylic acids is 2. The number of hydrogen-bond acceptors (Lipinski definition) is 17. The van der Waals surface area contributed by atoms with Gasteiger partial charge >= 0.3 is 11.9 Å². The molecule has 8 aromatic carbocycles. The minimum Gasteiger partial charge on any atom is -0.452 e. The molecule has 17 nitrogen and oxygen atoms in total. The molecule has 3 aliphatic rings. The number of carbonyl (C=O) groups is 2. The van der Waals surface area contributed by atoms with Crippen molar-refractivity contribution in [3.63, 3.8) is 0 Å². The average molecular weight is 1240 g/mol. The van der Waals surface area contributed by atoms with Crippen molar-refractivity contribution in [2.45, 2.75) is 139 Å². The lowest BCUT2D eigenvalue weighted by Gasteiger charge is -2.51. The summed E-state index contributed by atoms with van der Waals surface area (Å²) in [5, 5.41) is 24.2. The topological polar surface area (TPSA) is 195 Å². The molecule has 15 atom stereocenters. The lowest BCUT2D eigenvalue weighted by Crippen LogP contribution is -2.68. The predicted molar refractivity (Wildman–Crippen MR) is 333 cm³/mol. The summed E-state index contributed by atoms with van der Waals surface area (Å²) in [6.45, 7) is 1.90. The van der Waals surface area contributed by atoms with Crippen LogP contribution >= 0.6 is 0 Å². The molecular weight excluding hydrogens is 1160 g/mol. The van der Waals surface area contributed by atoms with Crippen molar-refractivity contribution in [3.8, 4) is 0 Å². The van der Waals surface area contributed by atoms with E-state index in [1.54, 1.807) is 67.6 Å². The maximum absolute atomic E-state index is 14.4. The van der Waals surface area contributed by atoms with Crippen LogP contribution < -0.4 is 0 Å². The van der Waals surface area contributed by atoms with E-state index in [0.29, 0.717) is 0 Å². The summed E-state index contributed by atoms with van der Waals surface area (Å²) in [6.07, 6.45) is -19.4. The van der Waals surface area contributed by atoms with Gasteiger partial charge in [0.2, 0.25) is 0 Å². The first kappa shape index (κ1) is 64.7. The van der Waals surface area contributed by atoms with E-state index >= 15 is 0 Å². The van der Waals surface area contributed by atoms with Crippen LogP contribution in [0.4, 0.5) is 0 Å². The van der Waals surface area contributed by atoms with E-state index in [1.807, 2.05) is 182 Å². The van der Waals surface area contributed by atoms with Crippen LogP contribution in [0.1, 0.15) is 61.0 Å². The van der Waals surface area contributed by atoms with Gasteiger partial charge in [-0.3, -0.25) is 0 Å². The average Bonchev–Trinajstić information content (AvgIpc) is 1.03. The molecule has 474 valence electrons. The Morgan fingerprint density at radius 2 is 0.648 bits per heavy atom. The maximum atomic E-state index is 14.4. The summed E-state index contributed by atoms with van der Waals surface area (Å²) in [7, 11) is 0. The van der Waals surface area contributed by atoms with Gasteiger partial charge in [-0.15, -0.1) is 0 Å². The third kappa shape index (κ3) is 17.8. The van der Waals surface area contributed by atoms with Crippen molar-refractivity contribution in [3.05, 3.63) is 287 Å². The third-order valence-electron chi connectivity index (χ3n) is 16.0. The molecule has 0 radical (unpaired) electrons. The second-order valence-corrected chi connectivity index (χ2v) is 22.5. The Kier molecular flexibility index (Phi) is 23.4. The molecule has 8 aromatic rings. The number of rotatable bonds is 28. The Labute approximate surface area is 530 Å². The zero-order chi connectivity index (χ0) is 62.6. The number of aliphatic hydroxyl groups is 2. The SMILES string of the molecule is C[C@H]1O[C@@H](O[C@H]2[C@H](OCc3ccccc3)[C@@H](OCc3ccccc3)[C@H](O[C@H]3[C@H](OCc4ccccc4)[C@@H](OCc4ccccc4)[C@H](O)O[C@@H]3COCc3ccccc3)O[C@@H]2COCc2ccccc2)[C@H](OC(=O)c2ccccc2)[C@@H](OC(=O)c2ccccc2)[C@H]1O. The molecular formula is C74H76O17. The summed E-state index contributed by atoms with van der Waals surface area (Å²) >= 11 is 0. The molecule has 3 aliphatic heterocycles. The number of aliphatic hydroxyl groups excluding tert-OH is 2. The molecule has 0 aromatic heterocycles. The van der Waals surface area contributed by atoms with E-state index in [9.17, 15) is 19.8 Å². The van der Waals surface area contributed by atoms with Crippen molar-refractivity contribution >= 4 is 11.9 Å². The Bertz CT molecular complexity index is 3400. The molecule has 0 bridgehead atoms. The second kappa shape index (κ2) is 33.0. The molecule has 11 rings (SSSR count).